The second kappa shape index (κ2) is 7.64. The Balaban J connectivity index is 1.44. The van der Waals surface area contributed by atoms with Crippen LogP contribution in [0.4, 0.5) is 5.69 Å². The fourth-order valence-corrected chi connectivity index (χ4v) is 3.08. The molecule has 0 atom stereocenters. The maximum Gasteiger partial charge on any atom is 0.238 e. The molecule has 24 heavy (non-hydrogen) atoms. The third kappa shape index (κ3) is 4.46. The van der Waals surface area contributed by atoms with Gasteiger partial charge in [0.1, 0.15) is 5.76 Å². The number of rotatable bonds is 5. The number of nitrogens with zero attached hydrogens (tertiary/aromatic N) is 2. The Hall–Kier alpha value is -2.11. The van der Waals surface area contributed by atoms with Crippen LogP contribution in [0, 0.1) is 13.8 Å². The van der Waals surface area contributed by atoms with Gasteiger partial charge in [-0.05, 0) is 37.6 Å². The van der Waals surface area contributed by atoms with Gasteiger partial charge in [0.2, 0.25) is 5.91 Å². The minimum atomic E-state index is 0.0569. The van der Waals surface area contributed by atoms with Gasteiger partial charge >= 0.3 is 0 Å². The van der Waals surface area contributed by atoms with Gasteiger partial charge in [0.15, 0.2) is 0 Å². The molecule has 1 aromatic carbocycles. The lowest BCUT2D eigenvalue weighted by Gasteiger charge is -2.33. The Kier molecular flexibility index (Phi) is 5.33. The van der Waals surface area contributed by atoms with Crippen molar-refractivity contribution in [2.75, 3.05) is 38.0 Å². The minimum Gasteiger partial charge on any atom is -0.468 e. The molecule has 5 heteroatoms. The smallest absolute Gasteiger partial charge is 0.238 e. The first-order valence-corrected chi connectivity index (χ1v) is 8.44. The Morgan fingerprint density at radius 2 is 1.88 bits per heavy atom. The summed E-state index contributed by atoms with van der Waals surface area (Å²) in [4.78, 5) is 16.8. The molecule has 1 aromatic heterocycles. The molecule has 0 bridgehead atoms. The van der Waals surface area contributed by atoms with Crippen molar-refractivity contribution in [3.63, 3.8) is 0 Å². The second-order valence-electron chi connectivity index (χ2n) is 6.50. The van der Waals surface area contributed by atoms with Crippen LogP contribution in [-0.4, -0.2) is 48.4 Å². The Bertz CT molecular complexity index is 674. The molecule has 1 aliphatic heterocycles. The topological polar surface area (TPSA) is 48.7 Å². The van der Waals surface area contributed by atoms with Crippen molar-refractivity contribution in [2.45, 2.75) is 20.4 Å². The van der Waals surface area contributed by atoms with E-state index in [2.05, 4.69) is 28.1 Å². The average Bonchev–Trinajstić information content (AvgIpc) is 3.05. The number of piperazine rings is 1. The van der Waals surface area contributed by atoms with E-state index in [1.54, 1.807) is 6.26 Å². The number of carbonyl (C=O) groups is 1. The van der Waals surface area contributed by atoms with Crippen LogP contribution >= 0.6 is 0 Å². The van der Waals surface area contributed by atoms with Crippen LogP contribution in [0.25, 0.3) is 0 Å². The van der Waals surface area contributed by atoms with Gasteiger partial charge in [0, 0.05) is 31.9 Å². The van der Waals surface area contributed by atoms with E-state index in [0.717, 1.165) is 49.7 Å². The quantitative estimate of drug-likeness (QED) is 0.917. The number of carbonyl (C=O) groups excluding carboxylic acids is 1. The Morgan fingerprint density at radius 3 is 2.54 bits per heavy atom. The van der Waals surface area contributed by atoms with Crippen LogP contribution < -0.4 is 5.32 Å². The summed E-state index contributed by atoms with van der Waals surface area (Å²) in [5.41, 5.74) is 3.21. The monoisotopic (exact) mass is 327 g/mol. The molecule has 0 aliphatic carbocycles. The fraction of sp³-hybridized carbons (Fsp3) is 0.421. The van der Waals surface area contributed by atoms with E-state index in [0.29, 0.717) is 6.54 Å². The van der Waals surface area contributed by atoms with Crippen molar-refractivity contribution in [2.24, 2.45) is 0 Å². The van der Waals surface area contributed by atoms with Crippen molar-refractivity contribution in [1.29, 1.82) is 0 Å². The fourth-order valence-electron chi connectivity index (χ4n) is 3.08. The molecule has 3 rings (SSSR count). The number of hydrogen-bond donors (Lipinski definition) is 1. The number of anilines is 1. The zero-order chi connectivity index (χ0) is 16.9. The van der Waals surface area contributed by atoms with Gasteiger partial charge < -0.3 is 9.73 Å². The Labute approximate surface area is 143 Å². The average molecular weight is 327 g/mol. The van der Waals surface area contributed by atoms with Gasteiger partial charge in [-0.3, -0.25) is 14.6 Å². The number of furan rings is 1. The summed E-state index contributed by atoms with van der Waals surface area (Å²) in [7, 11) is 0. The number of amides is 1. The summed E-state index contributed by atoms with van der Waals surface area (Å²) in [5.74, 6) is 1.05. The molecule has 1 fully saturated rings. The van der Waals surface area contributed by atoms with E-state index in [1.807, 2.05) is 31.2 Å². The summed E-state index contributed by atoms with van der Waals surface area (Å²) in [5, 5.41) is 3.02. The standard InChI is InChI=1S/C19H25N3O2/c1-15-5-6-18(16(2)12-15)20-19(23)14-22-9-7-21(8-10-22)13-17-4-3-11-24-17/h3-6,11-12H,7-10,13-14H2,1-2H3,(H,20,23). The highest BCUT2D eigenvalue weighted by molar-refractivity contribution is 5.93. The lowest BCUT2D eigenvalue weighted by Crippen LogP contribution is -2.48. The first kappa shape index (κ1) is 16.7. The van der Waals surface area contributed by atoms with Gasteiger partial charge in [-0.1, -0.05) is 17.7 Å². The van der Waals surface area contributed by atoms with Crippen molar-refractivity contribution in [3.05, 3.63) is 53.5 Å². The van der Waals surface area contributed by atoms with E-state index in [4.69, 9.17) is 4.42 Å². The molecule has 1 aliphatic rings. The molecule has 1 amide bonds. The molecule has 1 saturated heterocycles. The van der Waals surface area contributed by atoms with Crippen molar-refractivity contribution >= 4 is 11.6 Å². The predicted octanol–water partition coefficient (Wildman–Crippen LogP) is 2.65. The van der Waals surface area contributed by atoms with Gasteiger partial charge in [-0.25, -0.2) is 0 Å². The third-order valence-electron chi connectivity index (χ3n) is 4.45. The molecule has 0 radical (unpaired) electrons. The highest BCUT2D eigenvalue weighted by Gasteiger charge is 2.19. The first-order chi connectivity index (χ1) is 11.6. The number of hydrogen-bond acceptors (Lipinski definition) is 4. The molecule has 0 saturated carbocycles. The van der Waals surface area contributed by atoms with Crippen molar-refractivity contribution in [1.82, 2.24) is 9.80 Å². The summed E-state index contributed by atoms with van der Waals surface area (Å²) in [6, 6.07) is 10.0. The lowest BCUT2D eigenvalue weighted by atomic mass is 10.1. The van der Waals surface area contributed by atoms with E-state index >= 15 is 0 Å². The van der Waals surface area contributed by atoms with E-state index in [9.17, 15) is 4.79 Å². The lowest BCUT2D eigenvalue weighted by molar-refractivity contribution is -0.117. The van der Waals surface area contributed by atoms with Crippen LogP contribution in [-0.2, 0) is 11.3 Å². The van der Waals surface area contributed by atoms with Gasteiger partial charge in [0.05, 0.1) is 19.4 Å². The van der Waals surface area contributed by atoms with Crippen LogP contribution in [0.3, 0.4) is 0 Å². The summed E-state index contributed by atoms with van der Waals surface area (Å²) in [6.45, 7) is 9.09. The maximum atomic E-state index is 12.3. The molecule has 2 aromatic rings. The molecule has 2 heterocycles. The van der Waals surface area contributed by atoms with E-state index in [1.165, 1.54) is 5.56 Å². The second-order valence-corrected chi connectivity index (χ2v) is 6.50. The largest absolute Gasteiger partial charge is 0.468 e. The Morgan fingerprint density at radius 1 is 1.12 bits per heavy atom. The molecular formula is C19H25N3O2. The predicted molar refractivity (Wildman–Crippen MR) is 95.0 cm³/mol. The zero-order valence-corrected chi connectivity index (χ0v) is 14.4. The number of nitrogens with one attached hydrogen (secondary N) is 1. The number of aryl methyl sites for hydroxylation is 2. The van der Waals surface area contributed by atoms with Crippen LogP contribution in [0.1, 0.15) is 16.9 Å². The zero-order valence-electron chi connectivity index (χ0n) is 14.4. The minimum absolute atomic E-state index is 0.0569. The summed E-state index contributed by atoms with van der Waals surface area (Å²) < 4.78 is 5.39. The van der Waals surface area contributed by atoms with Gasteiger partial charge in [-0.2, -0.15) is 0 Å². The third-order valence-corrected chi connectivity index (χ3v) is 4.45. The first-order valence-electron chi connectivity index (χ1n) is 8.44. The number of benzene rings is 1. The van der Waals surface area contributed by atoms with Crippen LogP contribution in [0.15, 0.2) is 41.0 Å². The summed E-state index contributed by atoms with van der Waals surface area (Å²) >= 11 is 0. The van der Waals surface area contributed by atoms with E-state index < -0.39 is 0 Å². The molecular weight excluding hydrogens is 302 g/mol. The van der Waals surface area contributed by atoms with Gasteiger partial charge in [-0.15, -0.1) is 0 Å². The maximum absolute atomic E-state index is 12.3. The SMILES string of the molecule is Cc1ccc(NC(=O)CN2CCN(Cc3ccco3)CC2)c(C)c1. The van der Waals surface area contributed by atoms with Crippen molar-refractivity contribution in [3.8, 4) is 0 Å². The van der Waals surface area contributed by atoms with E-state index in [-0.39, 0.29) is 5.91 Å². The molecule has 0 spiro atoms. The van der Waals surface area contributed by atoms with Crippen molar-refractivity contribution < 1.29 is 9.21 Å². The molecule has 1 N–H and O–H groups in total. The highest BCUT2D eigenvalue weighted by atomic mass is 16.3. The molecule has 5 nitrogen and oxygen atoms in total. The summed E-state index contributed by atoms with van der Waals surface area (Å²) in [6.07, 6.45) is 1.71. The molecule has 128 valence electrons. The highest BCUT2D eigenvalue weighted by Crippen LogP contribution is 2.16. The van der Waals surface area contributed by atoms with Crippen LogP contribution in [0.2, 0.25) is 0 Å². The molecule has 0 unspecified atom stereocenters. The normalized spacial score (nSPS) is 16.2. The van der Waals surface area contributed by atoms with Gasteiger partial charge in [0.25, 0.3) is 0 Å². The van der Waals surface area contributed by atoms with Crippen LogP contribution in [0.5, 0.6) is 0 Å².